The lowest BCUT2D eigenvalue weighted by Crippen LogP contribution is -2.30. The number of nitrogens with zero attached hydrogens (tertiary/aromatic N) is 4. The van der Waals surface area contributed by atoms with Gasteiger partial charge in [0, 0.05) is 30.1 Å². The van der Waals surface area contributed by atoms with Gasteiger partial charge in [0.05, 0.1) is 17.0 Å². The second kappa shape index (κ2) is 9.15. The number of carbonyl (C=O) groups is 1. The molecule has 0 aliphatic carbocycles. The topological polar surface area (TPSA) is 121 Å². The molecule has 11 heteroatoms. The van der Waals surface area contributed by atoms with Gasteiger partial charge >= 0.3 is 0 Å². The van der Waals surface area contributed by atoms with Crippen molar-refractivity contribution in [2.45, 2.75) is 25.2 Å². The number of aromatic nitrogens is 4. The second-order valence-electron chi connectivity index (χ2n) is 6.97. The number of nitrogens with one attached hydrogen (secondary N) is 2. The molecule has 3 aromatic heterocycles. The largest absolute Gasteiger partial charge is 0.302 e. The number of hydrogen-bond donors (Lipinski definition) is 2. The molecule has 0 aliphatic rings. The number of H-pyrrole nitrogens is 1. The summed E-state index contributed by atoms with van der Waals surface area (Å²) in [5.74, 6) is -0.278. The van der Waals surface area contributed by atoms with Crippen LogP contribution in [0.3, 0.4) is 0 Å². The summed E-state index contributed by atoms with van der Waals surface area (Å²) in [4.78, 5) is 21.4. The Balaban J connectivity index is 1.47. The number of benzene rings is 1. The smallest absolute Gasteiger partial charge is 0.243 e. The van der Waals surface area contributed by atoms with E-state index in [1.54, 1.807) is 44.3 Å². The first-order chi connectivity index (χ1) is 15.4. The summed E-state index contributed by atoms with van der Waals surface area (Å²) < 4.78 is 26.9. The molecule has 0 bridgehead atoms. The third kappa shape index (κ3) is 4.40. The molecule has 0 saturated carbocycles. The normalized spacial score (nSPS) is 11.8. The fourth-order valence-electron chi connectivity index (χ4n) is 3.37. The second-order valence-corrected chi connectivity index (χ2v) is 9.77. The third-order valence-corrected chi connectivity index (χ3v) is 7.75. The van der Waals surface area contributed by atoms with E-state index < -0.39 is 10.0 Å². The van der Waals surface area contributed by atoms with Crippen molar-refractivity contribution < 1.29 is 13.2 Å². The summed E-state index contributed by atoms with van der Waals surface area (Å²) in [6.07, 6.45) is 1.70. The van der Waals surface area contributed by atoms with E-state index in [1.807, 2.05) is 17.5 Å². The van der Waals surface area contributed by atoms with Crippen LogP contribution in [-0.4, -0.2) is 51.9 Å². The first kappa shape index (κ1) is 22.1. The van der Waals surface area contributed by atoms with Crippen molar-refractivity contribution in [3.8, 4) is 11.4 Å². The lowest BCUT2D eigenvalue weighted by Gasteiger charge is -2.18. The number of pyridine rings is 1. The highest BCUT2D eigenvalue weighted by Crippen LogP contribution is 2.28. The molecule has 0 unspecified atom stereocenters. The number of fused-ring (bicyclic) bond motifs is 1. The fourth-order valence-corrected chi connectivity index (χ4v) is 5.62. The van der Waals surface area contributed by atoms with Gasteiger partial charge in [-0.05, 0) is 29.8 Å². The maximum atomic E-state index is 12.7. The van der Waals surface area contributed by atoms with Crippen LogP contribution in [0.1, 0.15) is 19.4 Å². The van der Waals surface area contributed by atoms with E-state index in [-0.39, 0.29) is 17.2 Å². The molecule has 0 radical (unpaired) electrons. The summed E-state index contributed by atoms with van der Waals surface area (Å²) in [5, 5.41) is 13.0. The number of amides is 1. The zero-order valence-electron chi connectivity index (χ0n) is 17.6. The van der Waals surface area contributed by atoms with Gasteiger partial charge in [-0.25, -0.2) is 18.4 Å². The molecule has 0 fully saturated rings. The summed E-state index contributed by atoms with van der Waals surface area (Å²) in [6.45, 7) is 4.36. The van der Waals surface area contributed by atoms with E-state index >= 15 is 0 Å². The van der Waals surface area contributed by atoms with Crippen molar-refractivity contribution in [3.63, 3.8) is 0 Å². The van der Waals surface area contributed by atoms with Crippen LogP contribution in [0.2, 0.25) is 0 Å². The lowest BCUT2D eigenvalue weighted by molar-refractivity contribution is -0.115. The Morgan fingerprint density at radius 1 is 1.19 bits per heavy atom. The molecule has 3 heterocycles. The van der Waals surface area contributed by atoms with E-state index in [4.69, 9.17) is 0 Å². The molecular weight excluding hydrogens is 448 g/mol. The molecule has 0 aliphatic heterocycles. The minimum absolute atomic E-state index is 0.0352. The maximum Gasteiger partial charge on any atom is 0.243 e. The van der Waals surface area contributed by atoms with Crippen molar-refractivity contribution in [1.29, 1.82) is 0 Å². The SMILES string of the molecule is CCN(CC)S(=O)(=O)c1cccc(CC(=O)Nc2nc(-c3[nH]nc4ncccc34)cs2)c1. The number of anilines is 1. The first-order valence-corrected chi connectivity index (χ1v) is 12.4. The monoisotopic (exact) mass is 470 g/mol. The Kier molecular flexibility index (Phi) is 6.31. The standard InChI is InChI=1S/C21H22N6O3S2/c1-3-27(4-2)32(29,30)15-8-5-7-14(11-15)12-18(28)24-21-23-17(13-31-21)19-16-9-6-10-22-20(16)26-25-19/h5-11,13H,3-4,12H2,1-2H3,(H,22,25,26)(H,23,24,28). The number of hydrogen-bond acceptors (Lipinski definition) is 7. The van der Waals surface area contributed by atoms with Gasteiger partial charge in [-0.15, -0.1) is 11.3 Å². The Bertz CT molecular complexity index is 1360. The molecule has 32 heavy (non-hydrogen) atoms. The first-order valence-electron chi connectivity index (χ1n) is 10.1. The molecule has 1 aromatic carbocycles. The number of rotatable bonds is 8. The highest BCUT2D eigenvalue weighted by atomic mass is 32.2. The van der Waals surface area contributed by atoms with Crippen molar-refractivity contribution in [2.24, 2.45) is 0 Å². The number of carbonyl (C=O) groups excluding carboxylic acids is 1. The molecule has 0 spiro atoms. The minimum atomic E-state index is -3.58. The van der Waals surface area contributed by atoms with Gasteiger partial charge in [-0.2, -0.15) is 9.40 Å². The van der Waals surface area contributed by atoms with Crippen molar-refractivity contribution in [3.05, 3.63) is 53.5 Å². The Labute approximate surface area is 189 Å². The molecule has 1 amide bonds. The van der Waals surface area contributed by atoms with Crippen LogP contribution in [0.5, 0.6) is 0 Å². The van der Waals surface area contributed by atoms with E-state index in [0.29, 0.717) is 35.1 Å². The molecular formula is C21H22N6O3S2. The van der Waals surface area contributed by atoms with Gasteiger partial charge in [0.1, 0.15) is 5.69 Å². The molecule has 0 saturated heterocycles. The van der Waals surface area contributed by atoms with E-state index in [1.165, 1.54) is 15.6 Å². The summed E-state index contributed by atoms with van der Waals surface area (Å²) in [6, 6.07) is 10.2. The summed E-state index contributed by atoms with van der Waals surface area (Å²) >= 11 is 1.30. The van der Waals surface area contributed by atoms with Crippen molar-refractivity contribution >= 4 is 43.4 Å². The molecule has 9 nitrogen and oxygen atoms in total. The third-order valence-electron chi connectivity index (χ3n) is 4.94. The highest BCUT2D eigenvalue weighted by molar-refractivity contribution is 7.89. The van der Waals surface area contributed by atoms with Gasteiger partial charge in [0.2, 0.25) is 15.9 Å². The molecule has 2 N–H and O–H groups in total. The Morgan fingerprint density at radius 2 is 2.00 bits per heavy atom. The molecule has 166 valence electrons. The molecule has 0 atom stereocenters. The minimum Gasteiger partial charge on any atom is -0.302 e. The van der Waals surface area contributed by atoms with Gasteiger partial charge in [-0.1, -0.05) is 26.0 Å². The summed E-state index contributed by atoms with van der Waals surface area (Å²) in [7, 11) is -3.58. The predicted octanol–water partition coefficient (Wildman–Crippen LogP) is 3.29. The van der Waals surface area contributed by atoms with Crippen LogP contribution < -0.4 is 5.32 Å². The number of thiazole rings is 1. The van der Waals surface area contributed by atoms with E-state index in [2.05, 4.69) is 25.5 Å². The Morgan fingerprint density at radius 3 is 2.78 bits per heavy atom. The van der Waals surface area contributed by atoms with E-state index in [0.717, 1.165) is 11.1 Å². The average molecular weight is 471 g/mol. The van der Waals surface area contributed by atoms with Crippen LogP contribution in [-0.2, 0) is 21.2 Å². The van der Waals surface area contributed by atoms with Crippen LogP contribution in [0.15, 0.2) is 52.9 Å². The van der Waals surface area contributed by atoms with Crippen molar-refractivity contribution in [1.82, 2.24) is 24.5 Å². The predicted molar refractivity (Wildman–Crippen MR) is 124 cm³/mol. The van der Waals surface area contributed by atoms with Crippen LogP contribution in [0.4, 0.5) is 5.13 Å². The average Bonchev–Trinajstić information content (AvgIpc) is 3.41. The Hall–Kier alpha value is -3.15. The van der Waals surface area contributed by atoms with Crippen molar-refractivity contribution in [2.75, 3.05) is 18.4 Å². The zero-order valence-corrected chi connectivity index (χ0v) is 19.2. The quantitative estimate of drug-likeness (QED) is 0.408. The lowest BCUT2D eigenvalue weighted by atomic mass is 10.1. The summed E-state index contributed by atoms with van der Waals surface area (Å²) in [5.41, 5.74) is 2.60. The van der Waals surface area contributed by atoms with Gasteiger partial charge in [0.15, 0.2) is 10.8 Å². The highest BCUT2D eigenvalue weighted by Gasteiger charge is 2.22. The fraction of sp³-hybridized carbons (Fsp3) is 0.238. The number of aromatic amines is 1. The van der Waals surface area contributed by atoms with Crippen LogP contribution in [0.25, 0.3) is 22.4 Å². The van der Waals surface area contributed by atoms with Gasteiger partial charge in [0.25, 0.3) is 0 Å². The number of sulfonamides is 1. The molecule has 4 aromatic rings. The van der Waals surface area contributed by atoms with Crippen LogP contribution in [0, 0.1) is 0 Å². The van der Waals surface area contributed by atoms with E-state index in [9.17, 15) is 13.2 Å². The zero-order chi connectivity index (χ0) is 22.7. The van der Waals surface area contributed by atoms with Gasteiger partial charge in [-0.3, -0.25) is 9.89 Å². The maximum absolute atomic E-state index is 12.7. The molecule has 4 rings (SSSR count). The van der Waals surface area contributed by atoms with Crippen LogP contribution >= 0.6 is 11.3 Å². The van der Waals surface area contributed by atoms with Gasteiger partial charge < -0.3 is 5.32 Å².